The predicted molar refractivity (Wildman–Crippen MR) is 136 cm³/mol. The van der Waals surface area contributed by atoms with Crippen molar-refractivity contribution in [2.45, 2.75) is 13.5 Å². The number of aryl methyl sites for hydroxylation is 1. The summed E-state index contributed by atoms with van der Waals surface area (Å²) in [6.07, 6.45) is 2.72. The molecule has 1 saturated heterocycles. The monoisotopic (exact) mass is 507 g/mol. The minimum atomic E-state index is -0.666. The van der Waals surface area contributed by atoms with E-state index < -0.39 is 5.91 Å². The second kappa shape index (κ2) is 10.0. The Bertz CT molecular complexity index is 1400. The molecule has 1 aromatic carbocycles. The van der Waals surface area contributed by atoms with Crippen LogP contribution in [0.1, 0.15) is 20.8 Å². The molecule has 5 rings (SSSR count). The number of rotatable bonds is 6. The van der Waals surface area contributed by atoms with Crippen LogP contribution >= 0.6 is 11.3 Å². The first-order valence-corrected chi connectivity index (χ1v) is 12.2. The number of hydroxylamine groups is 1. The third kappa shape index (κ3) is 4.78. The van der Waals surface area contributed by atoms with E-state index in [1.807, 2.05) is 37.1 Å². The molecule has 3 N–H and O–H groups in total. The van der Waals surface area contributed by atoms with Crippen molar-refractivity contribution in [3.05, 3.63) is 52.7 Å². The molecule has 0 saturated carbocycles. The number of phenolic OH excluding ortho intramolecular Hbond substituents is 1. The van der Waals surface area contributed by atoms with Gasteiger partial charge < -0.3 is 19.6 Å². The molecule has 1 aliphatic heterocycles. The zero-order valence-electron chi connectivity index (χ0n) is 19.8. The first-order valence-electron chi connectivity index (χ1n) is 11.3. The molecule has 186 valence electrons. The summed E-state index contributed by atoms with van der Waals surface area (Å²) < 4.78 is 6.52. The highest BCUT2D eigenvalue weighted by atomic mass is 32.1. The average molecular weight is 508 g/mol. The van der Waals surface area contributed by atoms with Crippen molar-refractivity contribution in [1.82, 2.24) is 25.4 Å². The van der Waals surface area contributed by atoms with E-state index in [0.29, 0.717) is 31.5 Å². The average Bonchev–Trinajstić information content (AvgIpc) is 3.32. The number of aromatic nitrogens is 4. The molecule has 3 aromatic heterocycles. The maximum atomic E-state index is 11.5. The third-order valence-corrected chi connectivity index (χ3v) is 7.02. The fourth-order valence-corrected chi connectivity index (χ4v) is 5.08. The molecule has 0 atom stereocenters. The van der Waals surface area contributed by atoms with Gasteiger partial charge >= 0.3 is 0 Å². The number of carbonyl (C=O) groups is 1. The lowest BCUT2D eigenvalue weighted by Gasteiger charge is -2.28. The molecule has 0 aliphatic carbocycles. The minimum Gasteiger partial charge on any atom is -0.508 e. The summed E-state index contributed by atoms with van der Waals surface area (Å²) in [5.74, 6) is 1.39. The van der Waals surface area contributed by atoms with Gasteiger partial charge in [0, 0.05) is 43.0 Å². The lowest BCUT2D eigenvalue weighted by molar-refractivity contribution is 0.0705. The van der Waals surface area contributed by atoms with Gasteiger partial charge in [-0.05, 0) is 24.6 Å². The number of hydrogen-bond acceptors (Lipinski definition) is 11. The lowest BCUT2D eigenvalue weighted by Crippen LogP contribution is -2.36. The van der Waals surface area contributed by atoms with Gasteiger partial charge in [0.05, 0.1) is 35.5 Å². The van der Waals surface area contributed by atoms with E-state index in [2.05, 4.69) is 14.9 Å². The number of phenols is 1. The van der Waals surface area contributed by atoms with Crippen molar-refractivity contribution in [1.29, 1.82) is 0 Å². The number of carbonyl (C=O) groups excluding carboxylic acids is 1. The molecule has 1 aliphatic rings. The highest BCUT2D eigenvalue weighted by Crippen LogP contribution is 2.36. The number of nitrogens with one attached hydrogen (secondary N) is 1. The molecule has 1 amide bonds. The molecule has 0 radical (unpaired) electrons. The van der Waals surface area contributed by atoms with E-state index in [1.165, 1.54) is 12.4 Å². The van der Waals surface area contributed by atoms with Crippen molar-refractivity contribution in [2.24, 2.45) is 0 Å². The summed E-state index contributed by atoms with van der Waals surface area (Å²) >= 11 is 1.61. The maximum absolute atomic E-state index is 11.5. The van der Waals surface area contributed by atoms with E-state index in [1.54, 1.807) is 22.9 Å². The number of hydrogen-bond donors (Lipinski definition) is 3. The summed E-state index contributed by atoms with van der Waals surface area (Å²) in [5, 5.41) is 19.0. The molecular weight excluding hydrogens is 482 g/mol. The van der Waals surface area contributed by atoms with Gasteiger partial charge in [0.25, 0.3) is 5.91 Å². The summed E-state index contributed by atoms with van der Waals surface area (Å²) in [6, 6.07) is 7.50. The van der Waals surface area contributed by atoms with Crippen LogP contribution in [0.2, 0.25) is 0 Å². The van der Waals surface area contributed by atoms with Crippen LogP contribution in [0.15, 0.2) is 36.7 Å². The molecule has 0 spiro atoms. The van der Waals surface area contributed by atoms with Crippen LogP contribution in [-0.4, -0.2) is 69.5 Å². The molecule has 4 aromatic rings. The van der Waals surface area contributed by atoms with Crippen molar-refractivity contribution in [2.75, 3.05) is 43.2 Å². The van der Waals surface area contributed by atoms with Crippen LogP contribution in [0.25, 0.3) is 21.6 Å². The Kier molecular flexibility index (Phi) is 6.63. The SMILES string of the molecule is Cc1ccc(-c2nc(N3CCOCC3)c3sc(CN(C)c4ncc(C(=O)NO)cn4)cc3n2)cc1O. The van der Waals surface area contributed by atoms with E-state index in [9.17, 15) is 9.90 Å². The Labute approximate surface area is 211 Å². The molecule has 36 heavy (non-hydrogen) atoms. The molecular formula is C24H25N7O4S. The van der Waals surface area contributed by atoms with Crippen LogP contribution in [0.4, 0.5) is 11.8 Å². The first kappa shape index (κ1) is 23.9. The molecule has 4 heterocycles. The topological polar surface area (TPSA) is 137 Å². The number of benzene rings is 1. The Hall–Kier alpha value is -3.87. The van der Waals surface area contributed by atoms with Gasteiger partial charge in [-0.1, -0.05) is 12.1 Å². The number of amides is 1. The molecule has 11 nitrogen and oxygen atoms in total. The molecule has 0 unspecified atom stereocenters. The van der Waals surface area contributed by atoms with Crippen molar-refractivity contribution >= 4 is 39.2 Å². The van der Waals surface area contributed by atoms with E-state index in [0.717, 1.165) is 45.1 Å². The quantitative estimate of drug-likeness (QED) is 0.264. The molecule has 12 heteroatoms. The Morgan fingerprint density at radius 1 is 1.19 bits per heavy atom. The largest absolute Gasteiger partial charge is 0.508 e. The summed E-state index contributed by atoms with van der Waals surface area (Å²) in [6.45, 7) is 5.11. The third-order valence-electron chi connectivity index (χ3n) is 5.92. The van der Waals surface area contributed by atoms with E-state index in [4.69, 9.17) is 19.9 Å². The van der Waals surface area contributed by atoms with Crippen molar-refractivity contribution in [3.8, 4) is 17.1 Å². The van der Waals surface area contributed by atoms with Gasteiger partial charge in [0.1, 0.15) is 5.75 Å². The smallest absolute Gasteiger partial charge is 0.277 e. The Morgan fingerprint density at radius 2 is 1.94 bits per heavy atom. The van der Waals surface area contributed by atoms with Gasteiger partial charge in [-0.2, -0.15) is 0 Å². The fourth-order valence-electron chi connectivity index (χ4n) is 3.91. The highest BCUT2D eigenvalue weighted by Gasteiger charge is 2.21. The fraction of sp³-hybridized carbons (Fsp3) is 0.292. The zero-order valence-corrected chi connectivity index (χ0v) is 20.6. The Morgan fingerprint density at radius 3 is 2.64 bits per heavy atom. The molecule has 1 fully saturated rings. The summed E-state index contributed by atoms with van der Waals surface area (Å²) in [5.41, 5.74) is 4.10. The van der Waals surface area contributed by atoms with Crippen LogP contribution in [-0.2, 0) is 11.3 Å². The van der Waals surface area contributed by atoms with Crippen LogP contribution in [0.3, 0.4) is 0 Å². The number of ether oxygens (including phenoxy) is 1. The number of morpholine rings is 1. The number of aromatic hydroxyl groups is 1. The number of anilines is 2. The molecule has 0 bridgehead atoms. The summed E-state index contributed by atoms with van der Waals surface area (Å²) in [4.78, 5) is 34.8. The number of nitrogens with zero attached hydrogens (tertiary/aromatic N) is 6. The van der Waals surface area contributed by atoms with Gasteiger partial charge in [0.2, 0.25) is 5.95 Å². The van der Waals surface area contributed by atoms with E-state index >= 15 is 0 Å². The number of thiophene rings is 1. The van der Waals surface area contributed by atoms with Crippen molar-refractivity contribution in [3.63, 3.8) is 0 Å². The zero-order chi connectivity index (χ0) is 25.2. The number of fused-ring (bicyclic) bond motifs is 1. The lowest BCUT2D eigenvalue weighted by atomic mass is 10.1. The van der Waals surface area contributed by atoms with Crippen LogP contribution in [0, 0.1) is 6.92 Å². The van der Waals surface area contributed by atoms with Crippen molar-refractivity contribution < 1.29 is 19.8 Å². The first-order chi connectivity index (χ1) is 17.4. The normalized spacial score (nSPS) is 13.7. The highest BCUT2D eigenvalue weighted by molar-refractivity contribution is 7.19. The second-order valence-electron chi connectivity index (χ2n) is 8.47. The Balaban J connectivity index is 1.49. The van der Waals surface area contributed by atoms with Gasteiger partial charge in [-0.15, -0.1) is 11.3 Å². The standard InChI is InChI=1S/C24H25N7O4S/c1-14-3-4-15(9-19(14)32)21-27-18-10-17(36-20(18)22(28-21)31-5-7-35-8-6-31)13-30(2)24-25-11-16(12-26-24)23(33)29-34/h3-4,9-12,32,34H,5-8,13H2,1-2H3,(H,29,33). The maximum Gasteiger partial charge on any atom is 0.277 e. The predicted octanol–water partition coefficient (Wildman–Crippen LogP) is 2.75. The second-order valence-corrected chi connectivity index (χ2v) is 9.60. The van der Waals surface area contributed by atoms with Gasteiger partial charge in [-0.3, -0.25) is 10.0 Å². The van der Waals surface area contributed by atoms with Gasteiger partial charge in [-0.25, -0.2) is 25.4 Å². The van der Waals surface area contributed by atoms with E-state index in [-0.39, 0.29) is 11.3 Å². The van der Waals surface area contributed by atoms with Crippen LogP contribution in [0.5, 0.6) is 5.75 Å². The minimum absolute atomic E-state index is 0.164. The summed E-state index contributed by atoms with van der Waals surface area (Å²) in [7, 11) is 1.86. The van der Waals surface area contributed by atoms with Gasteiger partial charge in [0.15, 0.2) is 11.6 Å². The van der Waals surface area contributed by atoms with Crippen LogP contribution < -0.4 is 15.3 Å².